The molecule has 2 heterocycles. The molecule has 0 bridgehead atoms. The van der Waals surface area contributed by atoms with Crippen molar-refractivity contribution in [2.24, 2.45) is 0 Å². The van der Waals surface area contributed by atoms with Gasteiger partial charge in [-0.2, -0.15) is 0 Å². The van der Waals surface area contributed by atoms with Gasteiger partial charge >= 0.3 is 0 Å². The van der Waals surface area contributed by atoms with Crippen molar-refractivity contribution >= 4 is 74.3 Å². The monoisotopic (exact) mass is 949 g/mol. The smallest absolute Gasteiger partial charge is 0.252 e. The van der Waals surface area contributed by atoms with Gasteiger partial charge in [0.1, 0.15) is 0 Å². The number of hydrogen-bond donors (Lipinski definition) is 0. The van der Waals surface area contributed by atoms with E-state index in [1.54, 1.807) is 0 Å². The van der Waals surface area contributed by atoms with E-state index in [9.17, 15) is 4.11 Å². The number of fused-ring (bicyclic) bond motifs is 7. The van der Waals surface area contributed by atoms with Gasteiger partial charge in [0.2, 0.25) is 0 Å². The van der Waals surface area contributed by atoms with E-state index in [2.05, 4.69) is 233 Å². The van der Waals surface area contributed by atoms with E-state index < -0.39 is 6.85 Å². The molecule has 7 aromatic rings. The number of anilines is 9. The number of rotatable bonds is 5. The van der Waals surface area contributed by atoms with Crippen LogP contribution in [0.5, 0.6) is 0 Å². The highest BCUT2D eigenvalue weighted by molar-refractivity contribution is 7.00. The Morgan fingerprint density at radius 3 is 1.51 bits per heavy atom. The minimum atomic E-state index is -2.38. The fraction of sp³-hybridized carbons (Fsp3) is 0.382. The van der Waals surface area contributed by atoms with Gasteiger partial charge in [0, 0.05) is 55.3 Å². The normalized spacial score (nSPS) is 20.4. The second-order valence-corrected chi connectivity index (χ2v) is 26.5. The Labute approximate surface area is 437 Å². The summed E-state index contributed by atoms with van der Waals surface area (Å²) in [5, 5.41) is 0. The first-order chi connectivity index (χ1) is 35.1. The van der Waals surface area contributed by atoms with Gasteiger partial charge in [-0.1, -0.05) is 138 Å². The molecule has 2 aliphatic heterocycles. The maximum absolute atomic E-state index is 9.31. The van der Waals surface area contributed by atoms with E-state index in [-0.39, 0.29) is 39.2 Å². The Morgan fingerprint density at radius 2 is 0.917 bits per heavy atom. The Morgan fingerprint density at radius 1 is 0.431 bits per heavy atom. The van der Waals surface area contributed by atoms with Crippen molar-refractivity contribution in [2.45, 2.75) is 168 Å². The molecule has 7 aromatic carbocycles. The lowest BCUT2D eigenvalue weighted by atomic mass is 9.33. The first kappa shape index (κ1) is 43.6. The van der Waals surface area contributed by atoms with Crippen LogP contribution in [0.25, 0.3) is 0 Å². The molecule has 5 aliphatic rings. The molecular formula is C68H76BN3. The molecule has 0 fully saturated rings. The molecule has 0 radical (unpaired) electrons. The fourth-order valence-corrected chi connectivity index (χ4v) is 14.9. The topological polar surface area (TPSA) is 9.72 Å². The second kappa shape index (κ2) is 15.5. The van der Waals surface area contributed by atoms with E-state index in [4.69, 9.17) is 0 Å². The van der Waals surface area contributed by atoms with Gasteiger partial charge < -0.3 is 14.7 Å². The van der Waals surface area contributed by atoms with Crippen molar-refractivity contribution in [1.29, 1.82) is 0 Å². The SMILES string of the molecule is [2H]C([2H])([2H])c1cc2c3c(c1)N(c1ccc4c(c1C)C(C)(C)CCC4(C)C)c1ccc(N(c4ccccc4)c4ccccc4)cc1B3c1cc3c(cc1N2c1cc2c(cc1C)C(C)(C)CC2(C)C)C(C)(C)CCC3(C)C. The average Bonchev–Trinajstić information content (AvgIpc) is 3.53. The molecule has 3 aliphatic carbocycles. The van der Waals surface area contributed by atoms with Gasteiger partial charge in [-0.25, -0.2) is 0 Å². The molecule has 0 spiro atoms. The molecule has 0 saturated heterocycles. The van der Waals surface area contributed by atoms with Crippen LogP contribution in [0.1, 0.15) is 169 Å². The molecule has 0 amide bonds. The van der Waals surface area contributed by atoms with E-state index in [0.29, 0.717) is 5.56 Å². The van der Waals surface area contributed by atoms with E-state index in [1.807, 2.05) is 6.07 Å². The maximum Gasteiger partial charge on any atom is 0.252 e. The highest BCUT2D eigenvalue weighted by Gasteiger charge is 2.49. The van der Waals surface area contributed by atoms with Gasteiger partial charge in [0.15, 0.2) is 0 Å². The molecule has 3 nitrogen and oxygen atoms in total. The molecule has 12 rings (SSSR count). The Bertz CT molecular complexity index is 3470. The molecule has 0 unspecified atom stereocenters. The number of hydrogen-bond acceptors (Lipinski definition) is 3. The highest BCUT2D eigenvalue weighted by Crippen LogP contribution is 2.56. The van der Waals surface area contributed by atoms with Crippen LogP contribution in [0.3, 0.4) is 0 Å². The molecule has 72 heavy (non-hydrogen) atoms. The number of para-hydroxylation sites is 2. The lowest BCUT2D eigenvalue weighted by Gasteiger charge is -2.48. The Hall–Kier alpha value is -6.00. The zero-order chi connectivity index (χ0) is 53.3. The predicted octanol–water partition coefficient (Wildman–Crippen LogP) is 16.8. The highest BCUT2D eigenvalue weighted by atomic mass is 15.2. The summed E-state index contributed by atoms with van der Waals surface area (Å²) in [6.07, 6.45) is 5.46. The molecule has 0 N–H and O–H groups in total. The molecule has 4 heteroatoms. The summed E-state index contributed by atoms with van der Waals surface area (Å²) in [7, 11) is 0. The van der Waals surface area contributed by atoms with Gasteiger partial charge in [0.25, 0.3) is 6.71 Å². The molecule has 366 valence electrons. The first-order valence-corrected chi connectivity index (χ1v) is 26.9. The molecule has 0 atom stereocenters. The fourth-order valence-electron chi connectivity index (χ4n) is 14.9. The van der Waals surface area contributed by atoms with Crippen LogP contribution in [0.4, 0.5) is 51.2 Å². The van der Waals surface area contributed by atoms with Crippen molar-refractivity contribution in [3.8, 4) is 0 Å². The maximum atomic E-state index is 9.31. The van der Waals surface area contributed by atoms with Crippen LogP contribution in [-0.4, -0.2) is 6.71 Å². The van der Waals surface area contributed by atoms with E-state index in [0.717, 1.165) is 88.8 Å². The van der Waals surface area contributed by atoms with Crippen LogP contribution in [-0.2, 0) is 32.5 Å². The number of benzene rings is 7. The third-order valence-corrected chi connectivity index (χ3v) is 18.7. The summed E-state index contributed by atoms with van der Waals surface area (Å²) >= 11 is 0. The summed E-state index contributed by atoms with van der Waals surface area (Å²) in [5.74, 6) is 0. The van der Waals surface area contributed by atoms with Gasteiger partial charge in [0.05, 0.1) is 0 Å². The van der Waals surface area contributed by atoms with Crippen molar-refractivity contribution in [2.75, 3.05) is 14.7 Å². The van der Waals surface area contributed by atoms with Crippen LogP contribution in [0.15, 0.2) is 127 Å². The average molecular weight is 949 g/mol. The molecule has 0 aromatic heterocycles. The summed E-state index contributed by atoms with van der Waals surface area (Å²) in [5.41, 5.74) is 24.3. The zero-order valence-electron chi connectivity index (χ0n) is 48.6. The van der Waals surface area contributed by atoms with Crippen LogP contribution >= 0.6 is 0 Å². The molecular weight excluding hydrogens is 870 g/mol. The van der Waals surface area contributed by atoms with Crippen molar-refractivity contribution in [3.63, 3.8) is 0 Å². The van der Waals surface area contributed by atoms with Gasteiger partial charge in [-0.3, -0.25) is 0 Å². The van der Waals surface area contributed by atoms with Crippen molar-refractivity contribution in [1.82, 2.24) is 0 Å². The van der Waals surface area contributed by atoms with Crippen LogP contribution in [0, 0.1) is 20.7 Å². The van der Waals surface area contributed by atoms with Gasteiger partial charge in [-0.15, -0.1) is 0 Å². The predicted molar refractivity (Wildman–Crippen MR) is 311 cm³/mol. The molecule has 0 saturated carbocycles. The van der Waals surface area contributed by atoms with Crippen LogP contribution in [0.2, 0.25) is 0 Å². The van der Waals surface area contributed by atoms with E-state index >= 15 is 0 Å². The van der Waals surface area contributed by atoms with Gasteiger partial charge in [-0.05, 0) is 225 Å². The minimum Gasteiger partial charge on any atom is -0.311 e. The van der Waals surface area contributed by atoms with E-state index in [1.165, 1.54) is 55.4 Å². The third-order valence-electron chi connectivity index (χ3n) is 18.7. The quantitative estimate of drug-likeness (QED) is 0.159. The lowest BCUT2D eigenvalue weighted by Crippen LogP contribution is -2.62. The Kier molecular flexibility index (Phi) is 9.39. The van der Waals surface area contributed by atoms with Crippen molar-refractivity contribution in [3.05, 3.63) is 177 Å². The lowest BCUT2D eigenvalue weighted by molar-refractivity contribution is 0.330. The largest absolute Gasteiger partial charge is 0.311 e. The Balaban J connectivity index is 1.24. The zero-order valence-corrected chi connectivity index (χ0v) is 45.6. The van der Waals surface area contributed by atoms with Crippen molar-refractivity contribution < 1.29 is 4.11 Å². The summed E-state index contributed by atoms with van der Waals surface area (Å²) in [4.78, 5) is 7.38. The standard InChI is InChI=1S/C68H76BN3/c1-42-34-59-62-60(35-42)72(57-39-52-49(36-43(57)2)67(12,13)41-68(52,14)15)58-40-51-50(64(6,7)30-31-65(51,8)9)38-54(58)69(62)53-37-47(70(45-22-18-16-19-23-45)46-24-20-17-21-25-46)26-28-56(53)71(59)55-29-27-48-61(44(55)3)66(10,11)33-32-63(48,4)5/h16-29,34-40H,30-33,41H2,1-15H3/i1D3. The summed E-state index contributed by atoms with van der Waals surface area (Å²) in [6, 6.07) is 47.5. The summed E-state index contributed by atoms with van der Waals surface area (Å²) in [6.45, 7) is 31.0. The minimum absolute atomic E-state index is 0.0217. The second-order valence-electron chi connectivity index (χ2n) is 26.5. The third kappa shape index (κ3) is 6.89. The first-order valence-electron chi connectivity index (χ1n) is 28.4. The summed E-state index contributed by atoms with van der Waals surface area (Å²) < 4.78 is 27.9. The number of aryl methyl sites for hydroxylation is 2. The van der Waals surface area contributed by atoms with Crippen LogP contribution < -0.4 is 31.1 Å². The number of nitrogens with zero attached hydrogens (tertiary/aromatic N) is 3.